The lowest BCUT2D eigenvalue weighted by atomic mass is 9.90. The monoisotopic (exact) mass is 335 g/mol. The Morgan fingerprint density at radius 2 is 2.04 bits per heavy atom. The van der Waals surface area contributed by atoms with Gasteiger partial charge in [0.05, 0.1) is 24.4 Å². The minimum atomic E-state index is -1.09. The number of carbonyl (C=O) groups excluding carboxylic acids is 3. The Labute approximate surface area is 136 Å². The Balaban J connectivity index is 2.24. The molecule has 1 aliphatic heterocycles. The highest BCUT2D eigenvalue weighted by molar-refractivity contribution is 6.26. The summed E-state index contributed by atoms with van der Waals surface area (Å²) >= 11 is 0. The quantitative estimate of drug-likeness (QED) is 0.690. The van der Waals surface area contributed by atoms with Gasteiger partial charge in [-0.15, -0.1) is 0 Å². The number of nitrogens with two attached hydrogens (primary N) is 2. The number of methoxy groups -OCH3 is 1. The standard InChI is InChI=1S/C15H17N3O6/c1-5-11(19)10-8(13(21)14(5)23-2)6(4-24-15(17)22)9-12(20)7(16)3-18(9)10/h7,12,20H,3-4,16H2,1-2H3,(H2,17,22). The normalized spacial score (nSPS) is 22.5. The van der Waals surface area contributed by atoms with Gasteiger partial charge in [0.1, 0.15) is 18.4 Å². The van der Waals surface area contributed by atoms with Crippen molar-refractivity contribution in [2.75, 3.05) is 7.11 Å². The zero-order valence-corrected chi connectivity index (χ0v) is 13.2. The molecule has 2 aliphatic rings. The van der Waals surface area contributed by atoms with Crippen LogP contribution in [0, 0.1) is 0 Å². The van der Waals surface area contributed by atoms with E-state index < -0.39 is 29.8 Å². The highest BCUT2D eigenvalue weighted by atomic mass is 16.5. The SMILES string of the molecule is COC1=C(C)C(=O)c2c(c(COC(N)=O)c3n2CC(N)C3O)C1=O. The summed E-state index contributed by atoms with van der Waals surface area (Å²) in [4.78, 5) is 36.4. The predicted molar refractivity (Wildman–Crippen MR) is 80.1 cm³/mol. The molecule has 0 fully saturated rings. The second-order valence-electron chi connectivity index (χ2n) is 5.73. The molecular weight excluding hydrogens is 318 g/mol. The van der Waals surface area contributed by atoms with Crippen molar-refractivity contribution >= 4 is 17.7 Å². The summed E-state index contributed by atoms with van der Waals surface area (Å²) in [5.41, 5.74) is 11.7. The molecule has 3 rings (SSSR count). The number of rotatable bonds is 3. The van der Waals surface area contributed by atoms with E-state index in [4.69, 9.17) is 20.9 Å². The maximum absolute atomic E-state index is 12.7. The number of ketones is 2. The van der Waals surface area contributed by atoms with E-state index in [1.807, 2.05) is 0 Å². The summed E-state index contributed by atoms with van der Waals surface area (Å²) < 4.78 is 11.4. The van der Waals surface area contributed by atoms with Crippen molar-refractivity contribution in [2.45, 2.75) is 32.2 Å². The molecule has 1 aliphatic carbocycles. The van der Waals surface area contributed by atoms with E-state index in [2.05, 4.69) is 0 Å². The van der Waals surface area contributed by atoms with Crippen LogP contribution >= 0.6 is 0 Å². The minimum absolute atomic E-state index is 0.0599. The topological polar surface area (TPSA) is 147 Å². The maximum atomic E-state index is 12.7. The number of aromatic nitrogens is 1. The van der Waals surface area contributed by atoms with Gasteiger partial charge in [0, 0.05) is 17.7 Å². The van der Waals surface area contributed by atoms with Gasteiger partial charge in [0.25, 0.3) is 0 Å². The van der Waals surface area contributed by atoms with Crippen LogP contribution in [0.5, 0.6) is 0 Å². The fourth-order valence-corrected chi connectivity index (χ4v) is 3.31. The Morgan fingerprint density at radius 3 is 2.62 bits per heavy atom. The number of amides is 1. The number of nitrogens with zero attached hydrogens (tertiary/aromatic N) is 1. The Kier molecular flexibility index (Phi) is 3.69. The van der Waals surface area contributed by atoms with Gasteiger partial charge in [0.15, 0.2) is 5.76 Å². The molecule has 0 saturated heterocycles. The fraction of sp³-hybridized carbons (Fsp3) is 0.400. The molecule has 0 saturated carbocycles. The zero-order chi connectivity index (χ0) is 17.8. The van der Waals surface area contributed by atoms with Crippen LogP contribution in [0.25, 0.3) is 0 Å². The van der Waals surface area contributed by atoms with Crippen LogP contribution in [-0.2, 0) is 22.6 Å². The van der Waals surface area contributed by atoms with E-state index in [1.165, 1.54) is 18.6 Å². The van der Waals surface area contributed by atoms with Crippen LogP contribution in [0.15, 0.2) is 11.3 Å². The average Bonchev–Trinajstić information content (AvgIpc) is 2.99. The van der Waals surface area contributed by atoms with Gasteiger partial charge in [-0.1, -0.05) is 0 Å². The van der Waals surface area contributed by atoms with Gasteiger partial charge in [-0.05, 0) is 6.92 Å². The average molecular weight is 335 g/mol. The van der Waals surface area contributed by atoms with Crippen molar-refractivity contribution in [1.82, 2.24) is 4.57 Å². The van der Waals surface area contributed by atoms with Crippen molar-refractivity contribution < 1.29 is 29.0 Å². The Bertz CT molecular complexity index is 807. The maximum Gasteiger partial charge on any atom is 0.404 e. The zero-order valence-electron chi connectivity index (χ0n) is 13.2. The third-order valence-electron chi connectivity index (χ3n) is 4.38. The number of allylic oxidation sites excluding steroid dienone is 2. The van der Waals surface area contributed by atoms with E-state index >= 15 is 0 Å². The number of carbonyl (C=O) groups is 3. The van der Waals surface area contributed by atoms with E-state index in [-0.39, 0.29) is 41.3 Å². The fourth-order valence-electron chi connectivity index (χ4n) is 3.31. The van der Waals surface area contributed by atoms with Gasteiger partial charge in [0.2, 0.25) is 11.6 Å². The summed E-state index contributed by atoms with van der Waals surface area (Å²) in [6.45, 7) is 1.32. The van der Waals surface area contributed by atoms with Crippen LogP contribution in [-0.4, -0.2) is 40.5 Å². The molecule has 2 atom stereocenters. The summed E-state index contributed by atoms with van der Waals surface area (Å²) in [6, 6.07) is -0.631. The summed E-state index contributed by atoms with van der Waals surface area (Å²) in [5, 5.41) is 10.3. The van der Waals surface area contributed by atoms with Gasteiger partial charge in [-0.2, -0.15) is 0 Å². The number of aliphatic hydroxyl groups excluding tert-OH is 1. The number of ether oxygens (including phenoxy) is 2. The first-order valence-electron chi connectivity index (χ1n) is 7.25. The Morgan fingerprint density at radius 1 is 1.38 bits per heavy atom. The van der Waals surface area contributed by atoms with Gasteiger partial charge in [-0.25, -0.2) is 4.79 Å². The molecule has 0 aromatic carbocycles. The molecule has 24 heavy (non-hydrogen) atoms. The molecule has 9 nitrogen and oxygen atoms in total. The van der Waals surface area contributed by atoms with Gasteiger partial charge in [-0.3, -0.25) is 9.59 Å². The smallest absolute Gasteiger partial charge is 0.404 e. The van der Waals surface area contributed by atoms with E-state index in [0.29, 0.717) is 5.69 Å². The third-order valence-corrected chi connectivity index (χ3v) is 4.38. The van der Waals surface area contributed by atoms with Crippen molar-refractivity contribution in [1.29, 1.82) is 0 Å². The molecule has 1 aromatic rings. The highest BCUT2D eigenvalue weighted by Crippen LogP contribution is 2.40. The molecular formula is C15H17N3O6. The number of aliphatic hydroxyl groups is 1. The first kappa shape index (κ1) is 16.2. The van der Waals surface area contributed by atoms with Crippen LogP contribution in [0.2, 0.25) is 0 Å². The number of hydrogen-bond donors (Lipinski definition) is 3. The number of primary amides is 1. The van der Waals surface area contributed by atoms with Crippen LogP contribution < -0.4 is 11.5 Å². The number of fused-ring (bicyclic) bond motifs is 3. The first-order chi connectivity index (χ1) is 11.3. The molecule has 128 valence electrons. The lowest BCUT2D eigenvalue weighted by Crippen LogP contribution is -2.29. The lowest BCUT2D eigenvalue weighted by Gasteiger charge is -2.18. The highest BCUT2D eigenvalue weighted by Gasteiger charge is 2.44. The molecule has 0 radical (unpaired) electrons. The summed E-state index contributed by atoms with van der Waals surface area (Å²) in [6.07, 6.45) is -2.12. The molecule has 9 heteroatoms. The van der Waals surface area contributed by atoms with Gasteiger partial charge < -0.3 is 30.6 Å². The molecule has 0 bridgehead atoms. The molecule has 2 unspecified atom stereocenters. The van der Waals surface area contributed by atoms with Crippen molar-refractivity contribution in [3.8, 4) is 0 Å². The molecule has 2 heterocycles. The third kappa shape index (κ3) is 2.05. The van der Waals surface area contributed by atoms with Crippen molar-refractivity contribution in [3.63, 3.8) is 0 Å². The molecule has 1 amide bonds. The van der Waals surface area contributed by atoms with Crippen molar-refractivity contribution in [3.05, 3.63) is 33.8 Å². The van der Waals surface area contributed by atoms with E-state index in [1.54, 1.807) is 0 Å². The van der Waals surface area contributed by atoms with Crippen LogP contribution in [0.1, 0.15) is 45.1 Å². The second kappa shape index (κ2) is 5.46. The molecule has 1 aromatic heterocycles. The Hall–Kier alpha value is -2.65. The predicted octanol–water partition coefficient (Wildman–Crippen LogP) is -0.243. The number of hydrogen-bond acceptors (Lipinski definition) is 7. The first-order valence-corrected chi connectivity index (χ1v) is 7.25. The second-order valence-corrected chi connectivity index (χ2v) is 5.73. The lowest BCUT2D eigenvalue weighted by molar-refractivity contribution is 0.0898. The minimum Gasteiger partial charge on any atom is -0.492 e. The van der Waals surface area contributed by atoms with Crippen molar-refractivity contribution in [2.24, 2.45) is 11.5 Å². The van der Waals surface area contributed by atoms with Gasteiger partial charge >= 0.3 is 6.09 Å². The number of Topliss-reactive ketones (excluding diaryl/α,β-unsaturated/α-hetero) is 2. The summed E-state index contributed by atoms with van der Waals surface area (Å²) in [7, 11) is 1.29. The molecule has 0 spiro atoms. The van der Waals surface area contributed by atoms with Crippen LogP contribution in [0.3, 0.4) is 0 Å². The molecule has 5 N–H and O–H groups in total. The summed E-state index contributed by atoms with van der Waals surface area (Å²) in [5.74, 6) is -0.972. The van der Waals surface area contributed by atoms with E-state index in [0.717, 1.165) is 0 Å². The van der Waals surface area contributed by atoms with Crippen LogP contribution in [0.4, 0.5) is 4.79 Å². The largest absolute Gasteiger partial charge is 0.492 e. The van der Waals surface area contributed by atoms with E-state index in [9.17, 15) is 19.5 Å².